The lowest BCUT2D eigenvalue weighted by atomic mass is 10.1. The van der Waals surface area contributed by atoms with Crippen molar-refractivity contribution in [2.45, 2.75) is 32.2 Å². The first-order valence-electron chi connectivity index (χ1n) is 5.17. The molecule has 0 amide bonds. The minimum Gasteiger partial charge on any atom is -0.372 e. The summed E-state index contributed by atoms with van der Waals surface area (Å²) in [6.45, 7) is 4.42. The van der Waals surface area contributed by atoms with Gasteiger partial charge in [0.25, 0.3) is 0 Å². The van der Waals surface area contributed by atoms with Crippen molar-refractivity contribution in [3.05, 3.63) is 28.2 Å². The third-order valence-corrected chi connectivity index (χ3v) is 3.87. The third-order valence-electron chi connectivity index (χ3n) is 2.84. The van der Waals surface area contributed by atoms with Crippen LogP contribution in [0.1, 0.15) is 25.8 Å². The van der Waals surface area contributed by atoms with Crippen molar-refractivity contribution in [1.82, 2.24) is 0 Å². The first-order chi connectivity index (χ1) is 7.10. The number of nitrogens with zero attached hydrogens (tertiary/aromatic N) is 1. The van der Waals surface area contributed by atoms with E-state index in [1.54, 1.807) is 0 Å². The van der Waals surface area contributed by atoms with Gasteiger partial charge in [-0.1, -0.05) is 28.9 Å². The van der Waals surface area contributed by atoms with Crippen LogP contribution in [0.2, 0.25) is 0 Å². The molecule has 3 heteroatoms. The van der Waals surface area contributed by atoms with E-state index in [0.717, 1.165) is 16.5 Å². The van der Waals surface area contributed by atoms with Crippen molar-refractivity contribution >= 4 is 33.2 Å². The van der Waals surface area contributed by atoms with Gasteiger partial charge in [-0.05, 0) is 31.0 Å². The van der Waals surface area contributed by atoms with Crippen molar-refractivity contribution < 1.29 is 0 Å². The van der Waals surface area contributed by atoms with E-state index < -0.39 is 0 Å². The molecule has 1 rings (SSSR count). The summed E-state index contributed by atoms with van der Waals surface area (Å²) in [5.74, 6) is 0.550. The Kier molecular flexibility index (Phi) is 4.94. The lowest BCUT2D eigenvalue weighted by molar-refractivity contribution is 0.663. The molecule has 0 saturated heterocycles. The average molecular weight is 291 g/mol. The molecule has 0 N–H and O–H groups in total. The van der Waals surface area contributed by atoms with E-state index in [4.69, 9.17) is 11.6 Å². The lowest BCUT2D eigenvalue weighted by Crippen LogP contribution is -2.27. The Morgan fingerprint density at radius 2 is 2.13 bits per heavy atom. The second-order valence-electron chi connectivity index (χ2n) is 3.78. The van der Waals surface area contributed by atoms with Crippen LogP contribution in [0.4, 0.5) is 5.69 Å². The standard InChI is InChI=1S/C12H17BrClN/c1-4-9(2)15(3)11-6-5-10(8-14)12(13)7-11/h5-7,9H,4,8H2,1-3H3. The van der Waals surface area contributed by atoms with E-state index >= 15 is 0 Å². The zero-order chi connectivity index (χ0) is 11.4. The second-order valence-corrected chi connectivity index (χ2v) is 4.90. The molecule has 1 atom stereocenters. The fraction of sp³-hybridized carbons (Fsp3) is 0.500. The molecule has 0 saturated carbocycles. The molecule has 1 aromatic rings. The molecule has 1 aromatic carbocycles. The molecular weight excluding hydrogens is 273 g/mol. The summed E-state index contributed by atoms with van der Waals surface area (Å²) in [6, 6.07) is 6.88. The Morgan fingerprint density at radius 3 is 2.60 bits per heavy atom. The summed E-state index contributed by atoms with van der Waals surface area (Å²) in [7, 11) is 2.12. The van der Waals surface area contributed by atoms with Gasteiger partial charge in [-0.25, -0.2) is 0 Å². The third kappa shape index (κ3) is 3.12. The van der Waals surface area contributed by atoms with Crippen molar-refractivity contribution in [3.63, 3.8) is 0 Å². The van der Waals surface area contributed by atoms with E-state index in [9.17, 15) is 0 Å². The number of rotatable bonds is 4. The zero-order valence-corrected chi connectivity index (χ0v) is 11.8. The van der Waals surface area contributed by atoms with Crippen LogP contribution in [0, 0.1) is 0 Å². The molecule has 15 heavy (non-hydrogen) atoms. The number of halogens is 2. The average Bonchev–Trinajstić information content (AvgIpc) is 2.26. The molecule has 0 fully saturated rings. The maximum Gasteiger partial charge on any atom is 0.0485 e. The van der Waals surface area contributed by atoms with Crippen molar-refractivity contribution in [1.29, 1.82) is 0 Å². The maximum atomic E-state index is 5.81. The molecule has 0 spiro atoms. The van der Waals surface area contributed by atoms with Crippen LogP contribution in [-0.4, -0.2) is 13.1 Å². The first kappa shape index (κ1) is 12.9. The molecule has 0 aliphatic heterocycles. The van der Waals surface area contributed by atoms with E-state index in [2.05, 4.69) is 59.9 Å². The minimum atomic E-state index is 0.550. The Labute approximate surface area is 106 Å². The Morgan fingerprint density at radius 1 is 1.47 bits per heavy atom. The van der Waals surface area contributed by atoms with Gasteiger partial charge in [0.1, 0.15) is 0 Å². The van der Waals surface area contributed by atoms with Gasteiger partial charge in [-0.2, -0.15) is 0 Å². The van der Waals surface area contributed by atoms with E-state index in [0.29, 0.717) is 11.9 Å². The fourth-order valence-electron chi connectivity index (χ4n) is 1.39. The summed E-state index contributed by atoms with van der Waals surface area (Å²) >= 11 is 9.35. The Hall–Kier alpha value is -0.210. The highest BCUT2D eigenvalue weighted by atomic mass is 79.9. The molecule has 0 aromatic heterocycles. The van der Waals surface area contributed by atoms with Gasteiger partial charge in [0.15, 0.2) is 0 Å². The quantitative estimate of drug-likeness (QED) is 0.742. The molecular formula is C12H17BrClN. The molecule has 1 nitrogen and oxygen atoms in total. The van der Waals surface area contributed by atoms with Crippen LogP contribution in [0.15, 0.2) is 22.7 Å². The highest BCUT2D eigenvalue weighted by Gasteiger charge is 2.09. The lowest BCUT2D eigenvalue weighted by Gasteiger charge is -2.26. The van der Waals surface area contributed by atoms with Crippen molar-refractivity contribution in [2.24, 2.45) is 0 Å². The number of anilines is 1. The largest absolute Gasteiger partial charge is 0.372 e. The van der Waals surface area contributed by atoms with Crippen LogP contribution in [0.3, 0.4) is 0 Å². The fourth-order valence-corrected chi connectivity index (χ4v) is 2.29. The summed E-state index contributed by atoms with van der Waals surface area (Å²) in [5, 5.41) is 0. The van der Waals surface area contributed by atoms with Crippen LogP contribution < -0.4 is 4.90 Å². The van der Waals surface area contributed by atoms with Crippen LogP contribution >= 0.6 is 27.5 Å². The van der Waals surface area contributed by atoms with Crippen molar-refractivity contribution in [3.8, 4) is 0 Å². The van der Waals surface area contributed by atoms with Gasteiger partial charge in [0, 0.05) is 29.1 Å². The minimum absolute atomic E-state index is 0.550. The highest BCUT2D eigenvalue weighted by molar-refractivity contribution is 9.10. The van der Waals surface area contributed by atoms with Crippen LogP contribution in [0.5, 0.6) is 0 Å². The van der Waals surface area contributed by atoms with E-state index in [1.807, 2.05) is 0 Å². The summed E-state index contributed by atoms with van der Waals surface area (Å²) in [6.07, 6.45) is 1.14. The van der Waals surface area contributed by atoms with Crippen molar-refractivity contribution in [2.75, 3.05) is 11.9 Å². The first-order valence-corrected chi connectivity index (χ1v) is 6.50. The molecule has 0 radical (unpaired) electrons. The van der Waals surface area contributed by atoms with Gasteiger partial charge in [-0.3, -0.25) is 0 Å². The molecule has 0 aliphatic rings. The number of benzene rings is 1. The monoisotopic (exact) mass is 289 g/mol. The second kappa shape index (κ2) is 5.76. The van der Waals surface area contributed by atoms with Gasteiger partial charge >= 0.3 is 0 Å². The smallest absolute Gasteiger partial charge is 0.0485 e. The molecule has 0 heterocycles. The number of hydrogen-bond acceptors (Lipinski definition) is 1. The maximum absolute atomic E-state index is 5.81. The normalized spacial score (nSPS) is 12.6. The molecule has 0 bridgehead atoms. The summed E-state index contributed by atoms with van der Waals surface area (Å²) in [4.78, 5) is 2.28. The van der Waals surface area contributed by atoms with Gasteiger partial charge in [0.05, 0.1) is 0 Å². The summed E-state index contributed by atoms with van der Waals surface area (Å²) < 4.78 is 1.09. The predicted molar refractivity (Wildman–Crippen MR) is 71.9 cm³/mol. The van der Waals surface area contributed by atoms with Gasteiger partial charge < -0.3 is 4.90 Å². The van der Waals surface area contributed by atoms with E-state index in [1.165, 1.54) is 5.69 Å². The van der Waals surface area contributed by atoms with E-state index in [-0.39, 0.29) is 0 Å². The van der Waals surface area contributed by atoms with Crippen LogP contribution in [0.25, 0.3) is 0 Å². The Bertz CT molecular complexity index is 327. The highest BCUT2D eigenvalue weighted by Crippen LogP contribution is 2.26. The summed E-state index contributed by atoms with van der Waals surface area (Å²) in [5.41, 5.74) is 2.36. The zero-order valence-electron chi connectivity index (χ0n) is 9.43. The van der Waals surface area contributed by atoms with Gasteiger partial charge in [0.2, 0.25) is 0 Å². The number of alkyl halides is 1. The van der Waals surface area contributed by atoms with Crippen LogP contribution in [-0.2, 0) is 5.88 Å². The SMILES string of the molecule is CCC(C)N(C)c1ccc(CCl)c(Br)c1. The topological polar surface area (TPSA) is 3.24 Å². The molecule has 1 unspecified atom stereocenters. The Balaban J connectivity index is 2.92. The predicted octanol–water partition coefficient (Wildman–Crippen LogP) is 4.42. The molecule has 84 valence electrons. The molecule has 0 aliphatic carbocycles. The number of hydrogen-bond donors (Lipinski definition) is 0. The van der Waals surface area contributed by atoms with Gasteiger partial charge in [-0.15, -0.1) is 11.6 Å².